The summed E-state index contributed by atoms with van der Waals surface area (Å²) in [5.74, 6) is 0. The van der Waals surface area contributed by atoms with Gasteiger partial charge in [-0.05, 0) is 23.8 Å². The lowest BCUT2D eigenvalue weighted by Crippen LogP contribution is -2.04. The highest BCUT2D eigenvalue weighted by Gasteiger charge is 1.95. The minimum Gasteiger partial charge on any atom is -0.391 e. The quantitative estimate of drug-likeness (QED) is 0.579. The molecule has 0 aromatic carbocycles. The van der Waals surface area contributed by atoms with Crippen molar-refractivity contribution in [1.29, 1.82) is 0 Å². The van der Waals surface area contributed by atoms with E-state index in [1.165, 1.54) is 11.3 Å². The summed E-state index contributed by atoms with van der Waals surface area (Å²) < 4.78 is 2.09. The SMILES string of the molecule is C=C/C=C\C(=C/C)CC/C(=C/I)NC. The molecule has 0 amide bonds. The largest absolute Gasteiger partial charge is 0.391 e. The van der Waals surface area contributed by atoms with Crippen LogP contribution in [0.4, 0.5) is 0 Å². The van der Waals surface area contributed by atoms with Crippen LogP contribution in [0.1, 0.15) is 19.8 Å². The lowest BCUT2D eigenvalue weighted by atomic mass is 10.1. The Morgan fingerprint density at radius 3 is 2.57 bits per heavy atom. The van der Waals surface area contributed by atoms with Crippen molar-refractivity contribution in [2.24, 2.45) is 0 Å². The molecule has 0 aliphatic heterocycles. The molecule has 0 saturated carbocycles. The summed E-state index contributed by atoms with van der Waals surface area (Å²) in [5.41, 5.74) is 2.62. The first kappa shape index (κ1) is 13.5. The van der Waals surface area contributed by atoms with Crippen molar-refractivity contribution in [1.82, 2.24) is 5.32 Å². The van der Waals surface area contributed by atoms with Crippen molar-refractivity contribution in [3.05, 3.63) is 46.2 Å². The molecule has 0 aromatic rings. The topological polar surface area (TPSA) is 12.0 Å². The fourth-order valence-electron chi connectivity index (χ4n) is 1.03. The van der Waals surface area contributed by atoms with Crippen LogP contribution < -0.4 is 5.32 Å². The molecule has 1 nitrogen and oxygen atoms in total. The van der Waals surface area contributed by atoms with Crippen LogP contribution >= 0.6 is 22.6 Å². The first-order valence-corrected chi connectivity index (χ1v) is 5.94. The van der Waals surface area contributed by atoms with Crippen molar-refractivity contribution in [3.63, 3.8) is 0 Å². The van der Waals surface area contributed by atoms with E-state index in [1.807, 2.05) is 13.1 Å². The van der Waals surface area contributed by atoms with Gasteiger partial charge in [-0.25, -0.2) is 0 Å². The van der Waals surface area contributed by atoms with Crippen LogP contribution in [0.3, 0.4) is 0 Å². The van der Waals surface area contributed by atoms with E-state index < -0.39 is 0 Å². The van der Waals surface area contributed by atoms with E-state index in [1.54, 1.807) is 6.08 Å². The second-order valence-electron chi connectivity index (χ2n) is 2.84. The van der Waals surface area contributed by atoms with Gasteiger partial charge in [-0.1, -0.05) is 59.0 Å². The number of rotatable bonds is 6. The summed E-state index contributed by atoms with van der Waals surface area (Å²) in [7, 11) is 1.96. The zero-order valence-corrected chi connectivity index (χ0v) is 11.0. The van der Waals surface area contributed by atoms with E-state index in [4.69, 9.17) is 0 Å². The summed E-state index contributed by atoms with van der Waals surface area (Å²) >= 11 is 2.26. The maximum atomic E-state index is 3.66. The average Bonchev–Trinajstić information content (AvgIpc) is 2.23. The first-order chi connectivity index (χ1) is 6.78. The van der Waals surface area contributed by atoms with Gasteiger partial charge in [0.25, 0.3) is 0 Å². The number of nitrogens with one attached hydrogen (secondary N) is 1. The van der Waals surface area contributed by atoms with Crippen molar-refractivity contribution in [2.45, 2.75) is 19.8 Å². The van der Waals surface area contributed by atoms with Crippen LogP contribution in [0.5, 0.6) is 0 Å². The Kier molecular flexibility index (Phi) is 8.73. The van der Waals surface area contributed by atoms with Gasteiger partial charge in [0.15, 0.2) is 0 Å². The minimum atomic E-state index is 1.06. The predicted octanol–water partition coefficient (Wildman–Crippen LogP) is 3.95. The van der Waals surface area contributed by atoms with Crippen LogP contribution in [0.2, 0.25) is 0 Å². The number of halogens is 1. The zero-order chi connectivity index (χ0) is 10.8. The van der Waals surface area contributed by atoms with E-state index in [9.17, 15) is 0 Å². The molecule has 0 rings (SSSR count). The normalized spacial score (nSPS) is 13.4. The summed E-state index contributed by atoms with van der Waals surface area (Å²) in [4.78, 5) is 0. The van der Waals surface area contributed by atoms with Gasteiger partial charge in [0, 0.05) is 12.7 Å². The van der Waals surface area contributed by atoms with E-state index in [0.29, 0.717) is 0 Å². The molecule has 0 aliphatic carbocycles. The average molecular weight is 303 g/mol. The highest BCUT2D eigenvalue weighted by Crippen LogP contribution is 2.12. The molecule has 0 radical (unpaired) electrons. The molecular weight excluding hydrogens is 285 g/mol. The predicted molar refractivity (Wildman–Crippen MR) is 73.5 cm³/mol. The highest BCUT2D eigenvalue weighted by atomic mass is 127. The maximum Gasteiger partial charge on any atom is 0.0169 e. The Morgan fingerprint density at radius 2 is 2.14 bits per heavy atom. The molecule has 0 saturated heterocycles. The Hall–Kier alpha value is -0.510. The van der Waals surface area contributed by atoms with Crippen LogP contribution in [-0.2, 0) is 0 Å². The first-order valence-electron chi connectivity index (χ1n) is 4.69. The van der Waals surface area contributed by atoms with Gasteiger partial charge in [-0.3, -0.25) is 0 Å². The second-order valence-corrected chi connectivity index (χ2v) is 3.47. The van der Waals surface area contributed by atoms with Crippen LogP contribution in [-0.4, -0.2) is 7.05 Å². The molecule has 0 bridgehead atoms. The smallest absolute Gasteiger partial charge is 0.0169 e. The summed E-state index contributed by atoms with van der Waals surface area (Å²) in [6.07, 6.45) is 10.1. The van der Waals surface area contributed by atoms with Gasteiger partial charge in [0.1, 0.15) is 0 Å². The summed E-state index contributed by atoms with van der Waals surface area (Å²) in [5, 5.41) is 3.17. The van der Waals surface area contributed by atoms with Gasteiger partial charge in [-0.15, -0.1) is 0 Å². The third kappa shape index (κ3) is 6.02. The highest BCUT2D eigenvalue weighted by molar-refractivity contribution is 14.1. The maximum absolute atomic E-state index is 3.66. The van der Waals surface area contributed by atoms with Gasteiger partial charge < -0.3 is 5.32 Å². The van der Waals surface area contributed by atoms with E-state index in [-0.39, 0.29) is 0 Å². The standard InChI is InChI=1S/C12H18IN/c1-4-6-7-11(5-2)8-9-12(10-13)14-3/h4-7,10,14H,1,8-9H2,2-3H3/b7-6-,11-5+,12-10-. The Bertz CT molecular complexity index is 249. The van der Waals surface area contributed by atoms with Crippen molar-refractivity contribution in [2.75, 3.05) is 7.05 Å². The van der Waals surface area contributed by atoms with Crippen molar-refractivity contribution in [3.8, 4) is 0 Å². The van der Waals surface area contributed by atoms with E-state index in [2.05, 4.69) is 57.6 Å². The molecule has 2 heteroatoms. The zero-order valence-electron chi connectivity index (χ0n) is 8.89. The Labute approximate surface area is 101 Å². The molecule has 0 atom stereocenters. The van der Waals surface area contributed by atoms with Gasteiger partial charge in [0.05, 0.1) is 0 Å². The Balaban J connectivity index is 4.09. The molecular formula is C12H18IN. The van der Waals surface area contributed by atoms with Crippen molar-refractivity contribution < 1.29 is 0 Å². The molecule has 0 aliphatic rings. The fraction of sp³-hybridized carbons (Fsp3) is 0.333. The van der Waals surface area contributed by atoms with Crippen molar-refractivity contribution >= 4 is 22.6 Å². The number of hydrogen-bond acceptors (Lipinski definition) is 1. The molecule has 78 valence electrons. The molecule has 0 fully saturated rings. The summed E-state index contributed by atoms with van der Waals surface area (Å²) in [6.45, 7) is 5.72. The molecule has 14 heavy (non-hydrogen) atoms. The number of allylic oxidation sites excluding steroid dienone is 6. The monoisotopic (exact) mass is 303 g/mol. The summed E-state index contributed by atoms with van der Waals surface area (Å²) in [6, 6.07) is 0. The van der Waals surface area contributed by atoms with Crippen LogP contribution in [0, 0.1) is 0 Å². The minimum absolute atomic E-state index is 1.06. The van der Waals surface area contributed by atoms with E-state index >= 15 is 0 Å². The molecule has 0 spiro atoms. The third-order valence-electron chi connectivity index (χ3n) is 1.95. The third-order valence-corrected chi connectivity index (χ3v) is 2.70. The molecule has 0 unspecified atom stereocenters. The lowest BCUT2D eigenvalue weighted by molar-refractivity contribution is 0.842. The van der Waals surface area contributed by atoms with Gasteiger partial charge in [0.2, 0.25) is 0 Å². The van der Waals surface area contributed by atoms with Crippen LogP contribution in [0.15, 0.2) is 46.2 Å². The van der Waals surface area contributed by atoms with Crippen LogP contribution in [0.25, 0.3) is 0 Å². The van der Waals surface area contributed by atoms with Gasteiger partial charge >= 0.3 is 0 Å². The van der Waals surface area contributed by atoms with Gasteiger partial charge in [-0.2, -0.15) is 0 Å². The Morgan fingerprint density at radius 1 is 1.43 bits per heavy atom. The molecule has 1 N–H and O–H groups in total. The lowest BCUT2D eigenvalue weighted by Gasteiger charge is -2.05. The number of hydrogen-bond donors (Lipinski definition) is 1. The second kappa shape index (κ2) is 9.06. The molecule has 0 aromatic heterocycles. The fourth-order valence-corrected chi connectivity index (χ4v) is 1.65. The molecule has 0 heterocycles. The van der Waals surface area contributed by atoms with E-state index in [0.717, 1.165) is 12.8 Å².